The molecule has 2 atom stereocenters. The number of carbonyl (C=O) groups excluding carboxylic acids is 1. The Bertz CT molecular complexity index is 317. The lowest BCUT2D eigenvalue weighted by Crippen LogP contribution is -2.53. The van der Waals surface area contributed by atoms with Crippen LogP contribution in [-0.4, -0.2) is 54.7 Å². The number of ether oxygens (including phenoxy) is 1. The van der Waals surface area contributed by atoms with Crippen LogP contribution in [0.4, 0.5) is 0 Å². The number of aliphatic carboxylic acids is 1. The van der Waals surface area contributed by atoms with Gasteiger partial charge in [0.15, 0.2) is 0 Å². The van der Waals surface area contributed by atoms with Crippen molar-refractivity contribution >= 4 is 11.9 Å². The van der Waals surface area contributed by atoms with Gasteiger partial charge in [0.05, 0.1) is 5.41 Å². The number of rotatable bonds is 5. The molecule has 1 rings (SSSR count). The molecule has 0 aliphatic carbocycles. The van der Waals surface area contributed by atoms with E-state index in [9.17, 15) is 14.7 Å². The second-order valence-corrected chi connectivity index (χ2v) is 4.76. The standard InChI is InChI=1S/C12H22N2O4/c1-3-12(11(16)17)5-4-6-14(8-12)10(15)9(7-13)18-2/h9H,3-8,13H2,1-2H3,(H,16,17). The zero-order valence-electron chi connectivity index (χ0n) is 11.0. The SMILES string of the molecule is CCC1(C(=O)O)CCCN(C(=O)C(CN)OC)C1. The molecule has 6 nitrogen and oxygen atoms in total. The molecule has 0 bridgehead atoms. The minimum atomic E-state index is -0.829. The van der Waals surface area contributed by atoms with E-state index in [0.717, 1.165) is 0 Å². The van der Waals surface area contributed by atoms with Crippen molar-refractivity contribution in [2.75, 3.05) is 26.7 Å². The molecule has 1 aliphatic heterocycles. The van der Waals surface area contributed by atoms with Gasteiger partial charge in [-0.15, -0.1) is 0 Å². The number of hydrogen-bond donors (Lipinski definition) is 2. The summed E-state index contributed by atoms with van der Waals surface area (Å²) in [5, 5.41) is 9.35. The largest absolute Gasteiger partial charge is 0.481 e. The molecule has 1 amide bonds. The summed E-state index contributed by atoms with van der Waals surface area (Å²) in [7, 11) is 1.43. The zero-order chi connectivity index (χ0) is 13.8. The van der Waals surface area contributed by atoms with E-state index in [1.54, 1.807) is 4.90 Å². The number of carboxylic acid groups (broad SMARTS) is 1. The summed E-state index contributed by atoms with van der Waals surface area (Å²) >= 11 is 0. The fourth-order valence-electron chi connectivity index (χ4n) is 2.44. The summed E-state index contributed by atoms with van der Waals surface area (Å²) in [6.07, 6.45) is 1.16. The summed E-state index contributed by atoms with van der Waals surface area (Å²) in [5.41, 5.74) is 4.64. The lowest BCUT2D eigenvalue weighted by atomic mass is 9.77. The van der Waals surface area contributed by atoms with E-state index < -0.39 is 17.5 Å². The molecule has 1 saturated heterocycles. The first-order valence-corrected chi connectivity index (χ1v) is 6.25. The molecule has 104 valence electrons. The molecular weight excluding hydrogens is 236 g/mol. The first-order chi connectivity index (χ1) is 8.50. The molecule has 6 heteroatoms. The summed E-state index contributed by atoms with van der Waals surface area (Å²) in [5.74, 6) is -1.04. The fourth-order valence-corrected chi connectivity index (χ4v) is 2.44. The Morgan fingerprint density at radius 1 is 1.56 bits per heavy atom. The molecule has 0 aromatic heterocycles. The third-order valence-corrected chi connectivity index (χ3v) is 3.79. The molecular formula is C12H22N2O4. The van der Waals surface area contributed by atoms with Crippen LogP contribution in [-0.2, 0) is 14.3 Å². The van der Waals surface area contributed by atoms with Gasteiger partial charge in [-0.2, -0.15) is 0 Å². The van der Waals surface area contributed by atoms with Gasteiger partial charge in [-0.1, -0.05) is 6.92 Å². The quantitative estimate of drug-likeness (QED) is 0.727. The van der Waals surface area contributed by atoms with Gasteiger partial charge >= 0.3 is 5.97 Å². The first-order valence-electron chi connectivity index (χ1n) is 6.25. The first kappa shape index (κ1) is 14.9. The number of carboxylic acids is 1. The van der Waals surface area contributed by atoms with Crippen LogP contribution in [0.1, 0.15) is 26.2 Å². The second-order valence-electron chi connectivity index (χ2n) is 4.76. The van der Waals surface area contributed by atoms with Crippen LogP contribution in [0.2, 0.25) is 0 Å². The highest BCUT2D eigenvalue weighted by molar-refractivity contribution is 5.83. The van der Waals surface area contributed by atoms with Gasteiger partial charge in [0.2, 0.25) is 0 Å². The topological polar surface area (TPSA) is 92.9 Å². The summed E-state index contributed by atoms with van der Waals surface area (Å²) in [6.45, 7) is 2.78. The monoisotopic (exact) mass is 258 g/mol. The van der Waals surface area contributed by atoms with E-state index in [1.165, 1.54) is 7.11 Å². The molecule has 2 unspecified atom stereocenters. The average molecular weight is 258 g/mol. The normalized spacial score (nSPS) is 25.8. The van der Waals surface area contributed by atoms with Crippen LogP contribution in [0.5, 0.6) is 0 Å². The second kappa shape index (κ2) is 6.15. The number of nitrogens with two attached hydrogens (primary N) is 1. The van der Waals surface area contributed by atoms with Crippen LogP contribution in [0.25, 0.3) is 0 Å². The molecule has 3 N–H and O–H groups in total. The van der Waals surface area contributed by atoms with Gasteiger partial charge in [0.25, 0.3) is 5.91 Å². The predicted molar refractivity (Wildman–Crippen MR) is 66.0 cm³/mol. The lowest BCUT2D eigenvalue weighted by Gasteiger charge is -2.40. The Kier molecular flexibility index (Phi) is 5.10. The average Bonchev–Trinajstić information content (AvgIpc) is 2.39. The molecule has 0 saturated carbocycles. The van der Waals surface area contributed by atoms with Gasteiger partial charge < -0.3 is 20.5 Å². The van der Waals surface area contributed by atoms with Crippen molar-refractivity contribution in [1.29, 1.82) is 0 Å². The third-order valence-electron chi connectivity index (χ3n) is 3.79. The van der Waals surface area contributed by atoms with Crippen LogP contribution >= 0.6 is 0 Å². The number of likely N-dealkylation sites (tertiary alicyclic amines) is 1. The van der Waals surface area contributed by atoms with Crippen molar-refractivity contribution < 1.29 is 19.4 Å². The molecule has 18 heavy (non-hydrogen) atoms. The van der Waals surface area contributed by atoms with Crippen LogP contribution < -0.4 is 5.73 Å². The molecule has 0 aromatic carbocycles. The van der Waals surface area contributed by atoms with Crippen LogP contribution in [0, 0.1) is 5.41 Å². The lowest BCUT2D eigenvalue weighted by molar-refractivity contribution is -0.157. The maximum atomic E-state index is 12.1. The van der Waals surface area contributed by atoms with E-state index in [0.29, 0.717) is 25.8 Å². The zero-order valence-corrected chi connectivity index (χ0v) is 11.0. The Morgan fingerprint density at radius 3 is 2.67 bits per heavy atom. The molecule has 1 fully saturated rings. The Balaban J connectivity index is 2.80. The number of piperidine rings is 1. The van der Waals surface area contributed by atoms with E-state index in [4.69, 9.17) is 10.5 Å². The third kappa shape index (κ3) is 2.81. The highest BCUT2D eigenvalue weighted by Gasteiger charge is 2.42. The minimum Gasteiger partial charge on any atom is -0.481 e. The summed E-state index contributed by atoms with van der Waals surface area (Å²) in [4.78, 5) is 25.1. The molecule has 1 aliphatic rings. The van der Waals surface area contributed by atoms with Gasteiger partial charge in [0, 0.05) is 26.7 Å². The Morgan fingerprint density at radius 2 is 2.22 bits per heavy atom. The van der Waals surface area contributed by atoms with Crippen molar-refractivity contribution in [3.8, 4) is 0 Å². The number of carbonyl (C=O) groups is 2. The molecule has 0 aromatic rings. The highest BCUT2D eigenvalue weighted by atomic mass is 16.5. The highest BCUT2D eigenvalue weighted by Crippen LogP contribution is 2.33. The fraction of sp³-hybridized carbons (Fsp3) is 0.833. The Hall–Kier alpha value is -1.14. The van der Waals surface area contributed by atoms with E-state index in [-0.39, 0.29) is 19.0 Å². The van der Waals surface area contributed by atoms with Crippen molar-refractivity contribution in [2.45, 2.75) is 32.3 Å². The Labute approximate surface area is 107 Å². The predicted octanol–water partition coefficient (Wildman–Crippen LogP) is 0.0635. The van der Waals surface area contributed by atoms with Gasteiger partial charge in [-0.3, -0.25) is 9.59 Å². The van der Waals surface area contributed by atoms with Gasteiger partial charge in [0.1, 0.15) is 6.10 Å². The minimum absolute atomic E-state index is 0.109. The maximum Gasteiger partial charge on any atom is 0.311 e. The van der Waals surface area contributed by atoms with Gasteiger partial charge in [-0.25, -0.2) is 0 Å². The van der Waals surface area contributed by atoms with E-state index in [1.807, 2.05) is 6.92 Å². The van der Waals surface area contributed by atoms with Crippen LogP contribution in [0.15, 0.2) is 0 Å². The molecule has 1 heterocycles. The summed E-state index contributed by atoms with van der Waals surface area (Å²) in [6, 6.07) is 0. The maximum absolute atomic E-state index is 12.1. The number of methoxy groups -OCH3 is 1. The van der Waals surface area contributed by atoms with E-state index in [2.05, 4.69) is 0 Å². The van der Waals surface area contributed by atoms with Gasteiger partial charge in [-0.05, 0) is 19.3 Å². The van der Waals surface area contributed by atoms with Crippen molar-refractivity contribution in [3.05, 3.63) is 0 Å². The molecule has 0 spiro atoms. The van der Waals surface area contributed by atoms with Crippen LogP contribution in [0.3, 0.4) is 0 Å². The number of nitrogens with zero attached hydrogens (tertiary/aromatic N) is 1. The van der Waals surface area contributed by atoms with Crippen molar-refractivity contribution in [2.24, 2.45) is 11.1 Å². The number of amides is 1. The van der Waals surface area contributed by atoms with Crippen molar-refractivity contribution in [1.82, 2.24) is 4.90 Å². The molecule has 0 radical (unpaired) electrons. The smallest absolute Gasteiger partial charge is 0.311 e. The van der Waals surface area contributed by atoms with Crippen molar-refractivity contribution in [3.63, 3.8) is 0 Å². The summed E-state index contributed by atoms with van der Waals surface area (Å²) < 4.78 is 5.01. The number of hydrogen-bond acceptors (Lipinski definition) is 4. The van der Waals surface area contributed by atoms with E-state index >= 15 is 0 Å².